The van der Waals surface area contributed by atoms with Crippen LogP contribution in [0.4, 0.5) is 4.79 Å². The summed E-state index contributed by atoms with van der Waals surface area (Å²) in [6.07, 6.45) is 2.64. The highest BCUT2D eigenvalue weighted by Crippen LogP contribution is 2.33. The van der Waals surface area contributed by atoms with Gasteiger partial charge in [0.05, 0.1) is 6.04 Å². The first-order valence-corrected chi connectivity index (χ1v) is 8.58. The molecule has 7 nitrogen and oxygen atoms in total. The van der Waals surface area contributed by atoms with Crippen molar-refractivity contribution in [1.29, 1.82) is 0 Å². The zero-order valence-electron chi connectivity index (χ0n) is 14.6. The van der Waals surface area contributed by atoms with Crippen molar-refractivity contribution in [1.82, 2.24) is 4.90 Å². The number of fused-ring (bicyclic) bond motifs is 1. The van der Waals surface area contributed by atoms with Crippen LogP contribution >= 0.6 is 0 Å². The van der Waals surface area contributed by atoms with Crippen LogP contribution in [0, 0.1) is 0 Å². The summed E-state index contributed by atoms with van der Waals surface area (Å²) in [6.45, 7) is 1.84. The maximum Gasteiger partial charge on any atom is 0.410 e. The van der Waals surface area contributed by atoms with Crippen LogP contribution in [0.3, 0.4) is 0 Å². The molecule has 3 rings (SSSR count). The summed E-state index contributed by atoms with van der Waals surface area (Å²) in [5.74, 6) is 0.984. The Morgan fingerprint density at radius 2 is 1.88 bits per heavy atom. The van der Waals surface area contributed by atoms with E-state index in [4.69, 9.17) is 19.9 Å². The van der Waals surface area contributed by atoms with Crippen LogP contribution in [0.25, 0.3) is 0 Å². The molecule has 0 unspecified atom stereocenters. The number of hydrogen-bond acceptors (Lipinski definition) is 6. The zero-order valence-corrected chi connectivity index (χ0v) is 14.6. The van der Waals surface area contributed by atoms with Gasteiger partial charge in [-0.05, 0) is 50.8 Å². The minimum Gasteiger partial charge on any atom is -0.454 e. The number of rotatable bonds is 4. The molecule has 0 radical (unpaired) electrons. The van der Waals surface area contributed by atoms with Gasteiger partial charge in [-0.2, -0.15) is 0 Å². The van der Waals surface area contributed by atoms with E-state index >= 15 is 0 Å². The summed E-state index contributed by atoms with van der Waals surface area (Å²) >= 11 is 0. The highest BCUT2D eigenvalue weighted by molar-refractivity contribution is 6.01. The Bertz CT molecular complexity index is 655. The topological polar surface area (TPSA) is 91.1 Å². The third-order valence-electron chi connectivity index (χ3n) is 4.89. The summed E-state index contributed by atoms with van der Waals surface area (Å²) in [4.78, 5) is 26.3. The average Bonchev–Trinajstić information content (AvgIpc) is 3.09. The van der Waals surface area contributed by atoms with E-state index in [1.165, 1.54) is 4.90 Å². The molecule has 1 fully saturated rings. The van der Waals surface area contributed by atoms with Crippen molar-refractivity contribution in [3.05, 3.63) is 23.8 Å². The Morgan fingerprint density at radius 1 is 1.20 bits per heavy atom. The fourth-order valence-electron chi connectivity index (χ4n) is 3.06. The monoisotopic (exact) mass is 348 g/mol. The Hall–Kier alpha value is -2.28. The molecule has 2 N–H and O–H groups in total. The van der Waals surface area contributed by atoms with E-state index in [0.717, 1.165) is 25.7 Å². The highest BCUT2D eigenvalue weighted by Gasteiger charge is 2.29. The molecule has 1 atom stereocenters. The van der Waals surface area contributed by atoms with E-state index < -0.39 is 12.1 Å². The standard InChI is InChI=1S/C18H24N2O5/c1-11(17(21)12-3-8-15-16(9-12)24-10-23-15)20(2)18(22)25-14-6-4-13(19)5-7-14/h3,8-9,11,13-14H,4-7,10,19H2,1-2H3/t11-,13?,14?/m0/s1. The molecule has 7 heteroatoms. The summed E-state index contributed by atoms with van der Waals surface area (Å²) in [6, 6.07) is 4.57. The van der Waals surface area contributed by atoms with E-state index in [1.807, 2.05) is 0 Å². The van der Waals surface area contributed by atoms with Crippen molar-refractivity contribution < 1.29 is 23.8 Å². The lowest BCUT2D eigenvalue weighted by molar-refractivity contribution is 0.0398. The molecule has 0 saturated heterocycles. The second-order valence-electron chi connectivity index (χ2n) is 6.64. The largest absolute Gasteiger partial charge is 0.454 e. The first kappa shape index (κ1) is 17.5. The summed E-state index contributed by atoms with van der Waals surface area (Å²) in [7, 11) is 1.58. The average molecular weight is 348 g/mol. The third-order valence-corrected chi connectivity index (χ3v) is 4.89. The van der Waals surface area contributed by atoms with Gasteiger partial charge in [0, 0.05) is 18.7 Å². The minimum absolute atomic E-state index is 0.123. The number of carbonyl (C=O) groups excluding carboxylic acids is 2. The second-order valence-corrected chi connectivity index (χ2v) is 6.64. The summed E-state index contributed by atoms with van der Waals surface area (Å²) in [5, 5.41) is 0. The van der Waals surface area contributed by atoms with E-state index in [1.54, 1.807) is 32.2 Å². The number of hydrogen-bond donors (Lipinski definition) is 1. The molecule has 0 aromatic heterocycles. The Morgan fingerprint density at radius 3 is 2.60 bits per heavy atom. The molecule has 136 valence electrons. The Labute approximate surface area is 147 Å². The zero-order chi connectivity index (χ0) is 18.0. The van der Waals surface area contributed by atoms with E-state index in [2.05, 4.69) is 0 Å². The molecule has 2 aliphatic rings. The van der Waals surface area contributed by atoms with Crippen molar-refractivity contribution >= 4 is 11.9 Å². The van der Waals surface area contributed by atoms with Gasteiger partial charge in [0.15, 0.2) is 17.3 Å². The molecule has 1 aromatic carbocycles. The van der Waals surface area contributed by atoms with Crippen molar-refractivity contribution in [2.24, 2.45) is 5.73 Å². The summed E-state index contributed by atoms with van der Waals surface area (Å²) in [5.41, 5.74) is 6.34. The van der Waals surface area contributed by atoms with Gasteiger partial charge >= 0.3 is 6.09 Å². The molecule has 0 bridgehead atoms. The number of ether oxygens (including phenoxy) is 3. The molecule has 1 saturated carbocycles. The van der Waals surface area contributed by atoms with Crippen LogP contribution in [0.15, 0.2) is 18.2 Å². The fourth-order valence-corrected chi connectivity index (χ4v) is 3.06. The predicted molar refractivity (Wildman–Crippen MR) is 90.8 cm³/mol. The number of nitrogens with zero attached hydrogens (tertiary/aromatic N) is 1. The first-order chi connectivity index (χ1) is 12.0. The quantitative estimate of drug-likeness (QED) is 0.840. The van der Waals surface area contributed by atoms with Gasteiger partial charge in [-0.3, -0.25) is 4.79 Å². The first-order valence-electron chi connectivity index (χ1n) is 8.58. The number of nitrogens with two attached hydrogens (primary N) is 1. The third kappa shape index (κ3) is 3.87. The van der Waals surface area contributed by atoms with Crippen LogP contribution in [0.1, 0.15) is 43.0 Å². The number of likely N-dealkylation sites (N-methyl/N-ethyl adjacent to an activating group) is 1. The number of benzene rings is 1. The van der Waals surface area contributed by atoms with Crippen molar-refractivity contribution in [3.63, 3.8) is 0 Å². The van der Waals surface area contributed by atoms with Gasteiger partial charge in [0.1, 0.15) is 6.10 Å². The van der Waals surface area contributed by atoms with Crippen LogP contribution in [0.2, 0.25) is 0 Å². The van der Waals surface area contributed by atoms with Crippen LogP contribution in [-0.2, 0) is 4.74 Å². The number of carbonyl (C=O) groups is 2. The van der Waals surface area contributed by atoms with Crippen molar-refractivity contribution in [2.45, 2.75) is 50.8 Å². The van der Waals surface area contributed by atoms with E-state index in [-0.39, 0.29) is 24.7 Å². The minimum atomic E-state index is -0.640. The van der Waals surface area contributed by atoms with Crippen molar-refractivity contribution in [2.75, 3.05) is 13.8 Å². The summed E-state index contributed by atoms with van der Waals surface area (Å²) < 4.78 is 16.1. The molecule has 1 heterocycles. The van der Waals surface area contributed by atoms with Gasteiger partial charge in [-0.25, -0.2) is 4.79 Å². The van der Waals surface area contributed by atoms with Gasteiger partial charge in [-0.15, -0.1) is 0 Å². The normalized spacial score (nSPS) is 23.0. The lowest BCUT2D eigenvalue weighted by Crippen LogP contribution is -2.43. The van der Waals surface area contributed by atoms with E-state index in [9.17, 15) is 9.59 Å². The molecule has 25 heavy (non-hydrogen) atoms. The number of Topliss-reactive ketones (excluding diaryl/α,β-unsaturated/α-hetero) is 1. The van der Waals surface area contributed by atoms with Gasteiger partial charge in [0.2, 0.25) is 6.79 Å². The molecule has 1 amide bonds. The molecule has 0 spiro atoms. The van der Waals surface area contributed by atoms with Gasteiger partial charge < -0.3 is 24.8 Å². The Balaban J connectivity index is 1.60. The molecular formula is C18H24N2O5. The predicted octanol–water partition coefficient (Wildman–Crippen LogP) is 2.32. The fraction of sp³-hybridized carbons (Fsp3) is 0.556. The van der Waals surface area contributed by atoms with Crippen LogP contribution in [-0.4, -0.2) is 48.8 Å². The van der Waals surface area contributed by atoms with Crippen LogP contribution < -0.4 is 15.2 Å². The Kier molecular flexibility index (Phi) is 5.13. The lowest BCUT2D eigenvalue weighted by Gasteiger charge is -2.29. The SMILES string of the molecule is C[C@@H](C(=O)c1ccc2c(c1)OCO2)N(C)C(=O)OC1CCC(N)CC1. The van der Waals surface area contributed by atoms with Gasteiger partial charge in [0.25, 0.3) is 0 Å². The molecule has 1 aliphatic carbocycles. The lowest BCUT2D eigenvalue weighted by atomic mass is 9.94. The van der Waals surface area contributed by atoms with Gasteiger partial charge in [-0.1, -0.05) is 0 Å². The smallest absolute Gasteiger partial charge is 0.410 e. The van der Waals surface area contributed by atoms with Crippen molar-refractivity contribution in [3.8, 4) is 11.5 Å². The highest BCUT2D eigenvalue weighted by atomic mass is 16.7. The maximum atomic E-state index is 12.7. The van der Waals surface area contributed by atoms with Crippen LogP contribution in [0.5, 0.6) is 11.5 Å². The second kappa shape index (κ2) is 7.31. The number of amides is 1. The van der Waals surface area contributed by atoms with E-state index in [0.29, 0.717) is 17.1 Å². The number of ketones is 1. The molecule has 1 aliphatic heterocycles. The maximum absolute atomic E-state index is 12.7. The molecule has 1 aromatic rings. The molecular weight excluding hydrogens is 324 g/mol.